The van der Waals surface area contributed by atoms with Gasteiger partial charge in [-0.1, -0.05) is 80.6 Å². The van der Waals surface area contributed by atoms with E-state index in [9.17, 15) is 9.59 Å². The molecule has 0 fully saturated rings. The van der Waals surface area contributed by atoms with Crippen molar-refractivity contribution in [2.75, 3.05) is 0 Å². The lowest BCUT2D eigenvalue weighted by molar-refractivity contribution is 0.0683. The lowest BCUT2D eigenvalue weighted by Crippen LogP contribution is -2.14. The van der Waals surface area contributed by atoms with Crippen LogP contribution < -0.4 is 9.47 Å². The smallest absolute Gasteiger partial charge is 0.343 e. The quantitative estimate of drug-likeness (QED) is 0.243. The van der Waals surface area contributed by atoms with E-state index >= 15 is 0 Å². The summed E-state index contributed by atoms with van der Waals surface area (Å²) in [4.78, 5) is 25.9. The fourth-order valence-corrected chi connectivity index (χ4v) is 3.43. The highest BCUT2D eigenvalue weighted by Crippen LogP contribution is 2.42. The molecule has 0 aliphatic heterocycles. The summed E-state index contributed by atoms with van der Waals surface area (Å²) in [6, 6.07) is 30.8. The van der Waals surface area contributed by atoms with Gasteiger partial charge in [0.25, 0.3) is 0 Å². The molecule has 0 spiro atoms. The van der Waals surface area contributed by atoms with Gasteiger partial charge in [0.1, 0.15) is 0 Å². The lowest BCUT2D eigenvalue weighted by atomic mass is 9.95. The van der Waals surface area contributed by atoms with E-state index < -0.39 is 11.9 Å². The van der Waals surface area contributed by atoms with Gasteiger partial charge in [-0.05, 0) is 53.4 Å². The van der Waals surface area contributed by atoms with Crippen LogP contribution in [0.3, 0.4) is 0 Å². The molecule has 0 heterocycles. The first-order valence-electron chi connectivity index (χ1n) is 10.8. The molecule has 33 heavy (non-hydrogen) atoms. The van der Waals surface area contributed by atoms with Crippen molar-refractivity contribution in [1.29, 1.82) is 0 Å². The number of esters is 2. The van der Waals surface area contributed by atoms with Crippen LogP contribution in [0.4, 0.5) is 0 Å². The van der Waals surface area contributed by atoms with Gasteiger partial charge < -0.3 is 9.47 Å². The summed E-state index contributed by atoms with van der Waals surface area (Å²) in [5.41, 5.74) is 3.32. The molecule has 0 aliphatic rings. The van der Waals surface area contributed by atoms with Gasteiger partial charge in [0.05, 0.1) is 11.1 Å². The molecule has 4 rings (SSSR count). The van der Waals surface area contributed by atoms with Crippen LogP contribution in [0.5, 0.6) is 11.5 Å². The molecule has 0 bridgehead atoms. The average molecular weight is 437 g/mol. The van der Waals surface area contributed by atoms with Gasteiger partial charge >= 0.3 is 11.9 Å². The summed E-state index contributed by atoms with van der Waals surface area (Å²) in [6.07, 6.45) is 0. The Morgan fingerprint density at radius 1 is 0.636 bits per heavy atom. The fourth-order valence-electron chi connectivity index (χ4n) is 3.43. The Hall–Kier alpha value is -4.18. The van der Waals surface area contributed by atoms with Crippen molar-refractivity contribution in [1.82, 2.24) is 0 Å². The topological polar surface area (TPSA) is 52.6 Å². The Balaban J connectivity index is 1.84. The summed E-state index contributed by atoms with van der Waals surface area (Å²) >= 11 is 0. The Bertz CT molecular complexity index is 1250. The number of hydrogen-bond donors (Lipinski definition) is 0. The van der Waals surface area contributed by atoms with E-state index in [4.69, 9.17) is 9.47 Å². The first-order valence-corrected chi connectivity index (χ1v) is 10.8. The molecule has 4 aromatic rings. The highest BCUT2D eigenvalue weighted by atomic mass is 16.6. The number of hydrogen-bond acceptors (Lipinski definition) is 4. The number of rotatable bonds is 6. The van der Waals surface area contributed by atoms with Crippen LogP contribution in [0.2, 0.25) is 0 Å². The molecular formula is C29H24O4. The van der Waals surface area contributed by atoms with E-state index in [0.717, 1.165) is 11.1 Å². The van der Waals surface area contributed by atoms with Crippen molar-refractivity contribution in [3.8, 4) is 22.6 Å². The molecular weight excluding hydrogens is 412 g/mol. The van der Waals surface area contributed by atoms with E-state index in [0.29, 0.717) is 16.7 Å². The lowest BCUT2D eigenvalue weighted by Gasteiger charge is -2.18. The standard InChI is InChI=1S/C29H24O4/c1-20(2)24-18-25(21-12-6-3-7-13-21)27(33-29(31)23-16-10-5-11-17-23)26(19-24)32-28(30)22-14-8-4-9-15-22/h3-20H,1-2H3. The second-order valence-corrected chi connectivity index (χ2v) is 7.93. The SMILES string of the molecule is CC(C)c1cc(OC(=O)c2ccccc2)c(OC(=O)c2ccccc2)c(-c2ccccc2)c1. The van der Waals surface area contributed by atoms with Crippen molar-refractivity contribution >= 4 is 11.9 Å². The van der Waals surface area contributed by atoms with Crippen molar-refractivity contribution < 1.29 is 19.1 Å². The molecule has 0 unspecified atom stereocenters. The Morgan fingerprint density at radius 2 is 1.12 bits per heavy atom. The maximum atomic E-state index is 13.0. The van der Waals surface area contributed by atoms with Gasteiger partial charge in [-0.15, -0.1) is 0 Å². The molecule has 0 saturated carbocycles. The second kappa shape index (κ2) is 9.96. The van der Waals surface area contributed by atoms with E-state index in [-0.39, 0.29) is 17.4 Å². The number of benzene rings is 4. The van der Waals surface area contributed by atoms with Gasteiger partial charge in [-0.25, -0.2) is 9.59 Å². The van der Waals surface area contributed by atoms with Gasteiger partial charge in [-0.3, -0.25) is 0 Å². The fraction of sp³-hybridized carbons (Fsp3) is 0.103. The highest BCUT2D eigenvalue weighted by Gasteiger charge is 2.22. The summed E-state index contributed by atoms with van der Waals surface area (Å²) in [6.45, 7) is 4.12. The van der Waals surface area contributed by atoms with E-state index in [1.807, 2.05) is 48.5 Å². The minimum Gasteiger partial charge on any atom is -0.419 e. The predicted molar refractivity (Wildman–Crippen MR) is 129 cm³/mol. The summed E-state index contributed by atoms with van der Waals surface area (Å²) < 4.78 is 11.7. The molecule has 0 N–H and O–H groups in total. The molecule has 0 amide bonds. The summed E-state index contributed by atoms with van der Waals surface area (Å²) in [5, 5.41) is 0. The summed E-state index contributed by atoms with van der Waals surface area (Å²) in [7, 11) is 0. The maximum absolute atomic E-state index is 13.0. The predicted octanol–water partition coefficient (Wildman–Crippen LogP) is 6.92. The Kier molecular flexibility index (Phi) is 6.65. The van der Waals surface area contributed by atoms with Crippen LogP contribution >= 0.6 is 0 Å². The molecule has 4 heteroatoms. The van der Waals surface area contributed by atoms with Gasteiger partial charge in [0, 0.05) is 5.56 Å². The van der Waals surface area contributed by atoms with Crippen LogP contribution in [0.15, 0.2) is 103 Å². The zero-order chi connectivity index (χ0) is 23.2. The second-order valence-electron chi connectivity index (χ2n) is 7.93. The van der Waals surface area contributed by atoms with E-state index in [1.54, 1.807) is 54.6 Å². The average Bonchev–Trinajstić information content (AvgIpc) is 2.86. The number of carbonyl (C=O) groups excluding carboxylic acids is 2. The zero-order valence-corrected chi connectivity index (χ0v) is 18.5. The molecule has 0 aromatic heterocycles. The van der Waals surface area contributed by atoms with Crippen molar-refractivity contribution in [3.63, 3.8) is 0 Å². The third-order valence-corrected chi connectivity index (χ3v) is 5.25. The number of ether oxygens (including phenoxy) is 2. The van der Waals surface area contributed by atoms with Gasteiger partial charge in [-0.2, -0.15) is 0 Å². The Morgan fingerprint density at radius 3 is 1.64 bits per heavy atom. The van der Waals surface area contributed by atoms with Crippen LogP contribution in [0.1, 0.15) is 46.0 Å². The molecule has 0 atom stereocenters. The third-order valence-electron chi connectivity index (χ3n) is 5.25. The van der Waals surface area contributed by atoms with Crippen molar-refractivity contribution in [2.24, 2.45) is 0 Å². The monoisotopic (exact) mass is 436 g/mol. The minimum absolute atomic E-state index is 0.167. The largest absolute Gasteiger partial charge is 0.419 e. The minimum atomic E-state index is -0.526. The molecule has 0 radical (unpaired) electrons. The first-order chi connectivity index (χ1) is 16.0. The highest BCUT2D eigenvalue weighted by molar-refractivity contribution is 5.95. The van der Waals surface area contributed by atoms with Crippen molar-refractivity contribution in [2.45, 2.75) is 19.8 Å². The Labute approximate surface area is 193 Å². The van der Waals surface area contributed by atoms with Crippen LogP contribution in [-0.4, -0.2) is 11.9 Å². The third kappa shape index (κ3) is 5.18. The maximum Gasteiger partial charge on any atom is 0.343 e. The van der Waals surface area contributed by atoms with Gasteiger partial charge in [0.15, 0.2) is 11.5 Å². The molecule has 4 aromatic carbocycles. The number of carbonyl (C=O) groups is 2. The summed E-state index contributed by atoms with van der Waals surface area (Å²) in [5.74, 6) is -0.461. The van der Waals surface area contributed by atoms with Crippen molar-refractivity contribution in [3.05, 3.63) is 120 Å². The molecule has 4 nitrogen and oxygen atoms in total. The first kappa shape index (κ1) is 22.0. The zero-order valence-electron chi connectivity index (χ0n) is 18.5. The molecule has 0 saturated heterocycles. The molecule has 0 aliphatic carbocycles. The van der Waals surface area contributed by atoms with E-state index in [1.165, 1.54) is 0 Å². The van der Waals surface area contributed by atoms with Gasteiger partial charge in [0.2, 0.25) is 0 Å². The van der Waals surface area contributed by atoms with E-state index in [2.05, 4.69) is 13.8 Å². The normalized spacial score (nSPS) is 10.6. The van der Waals surface area contributed by atoms with Crippen LogP contribution in [0, 0.1) is 0 Å². The van der Waals surface area contributed by atoms with Crippen LogP contribution in [0.25, 0.3) is 11.1 Å². The van der Waals surface area contributed by atoms with Crippen LogP contribution in [-0.2, 0) is 0 Å². The molecule has 164 valence electrons.